The Balaban J connectivity index is 1.88. The summed E-state index contributed by atoms with van der Waals surface area (Å²) in [4.78, 5) is 0.175. The zero-order valence-electron chi connectivity index (χ0n) is 13.7. The molecule has 3 rings (SSSR count). The van der Waals surface area contributed by atoms with Crippen molar-refractivity contribution >= 4 is 10.0 Å². The Morgan fingerprint density at radius 1 is 1.29 bits per heavy atom. The van der Waals surface area contributed by atoms with Crippen molar-refractivity contribution in [2.24, 2.45) is 5.92 Å². The van der Waals surface area contributed by atoms with E-state index in [1.54, 1.807) is 6.07 Å². The summed E-state index contributed by atoms with van der Waals surface area (Å²) >= 11 is 0. The topological polar surface area (TPSA) is 99.0 Å². The van der Waals surface area contributed by atoms with Gasteiger partial charge in [0.25, 0.3) is 0 Å². The Morgan fingerprint density at radius 3 is 2.75 bits per heavy atom. The van der Waals surface area contributed by atoms with Gasteiger partial charge in [-0.2, -0.15) is 4.68 Å². The van der Waals surface area contributed by atoms with Crippen LogP contribution in [0.3, 0.4) is 0 Å². The Morgan fingerprint density at radius 2 is 2.08 bits per heavy atom. The maximum atomic E-state index is 12.7. The molecule has 1 saturated carbocycles. The third-order valence-electron chi connectivity index (χ3n) is 4.48. The lowest BCUT2D eigenvalue weighted by molar-refractivity contribution is 0.310. The van der Waals surface area contributed by atoms with Crippen LogP contribution in [0.4, 0.5) is 0 Å². The van der Waals surface area contributed by atoms with E-state index in [4.69, 9.17) is 4.74 Å². The van der Waals surface area contributed by atoms with E-state index in [1.807, 2.05) is 0 Å². The van der Waals surface area contributed by atoms with Crippen LogP contribution in [0.1, 0.15) is 32.6 Å². The summed E-state index contributed by atoms with van der Waals surface area (Å²) in [6, 6.07) is 4.64. The van der Waals surface area contributed by atoms with Gasteiger partial charge < -0.3 is 4.74 Å². The molecule has 0 radical (unpaired) electrons. The molecule has 0 spiro atoms. The number of hydrogen-bond acceptors (Lipinski definition) is 6. The Kier molecular flexibility index (Phi) is 4.81. The number of sulfonamides is 1. The standard InChI is InChI=1S/C15H21N5O3S/c1-11-5-3-4-6-13(11)17-24(21,22)12-7-8-14(15(9-12)23-2)20-10-16-18-19-20/h7-11,13,17H,3-6H2,1-2H3. The highest BCUT2D eigenvalue weighted by Crippen LogP contribution is 2.28. The number of rotatable bonds is 5. The lowest BCUT2D eigenvalue weighted by Crippen LogP contribution is -2.40. The summed E-state index contributed by atoms with van der Waals surface area (Å²) in [6.07, 6.45) is 5.57. The quantitative estimate of drug-likeness (QED) is 0.877. The molecule has 1 N–H and O–H groups in total. The maximum Gasteiger partial charge on any atom is 0.240 e. The zero-order valence-corrected chi connectivity index (χ0v) is 14.5. The molecule has 1 aromatic heterocycles. The summed E-state index contributed by atoms with van der Waals surface area (Å²) < 4.78 is 35.0. The van der Waals surface area contributed by atoms with Crippen LogP contribution in [0.15, 0.2) is 29.4 Å². The molecule has 1 fully saturated rings. The van der Waals surface area contributed by atoms with E-state index in [2.05, 4.69) is 27.2 Å². The molecule has 2 aromatic rings. The molecule has 24 heavy (non-hydrogen) atoms. The molecule has 0 bridgehead atoms. The molecule has 9 heteroatoms. The van der Waals surface area contributed by atoms with Gasteiger partial charge in [0.05, 0.1) is 12.0 Å². The first-order valence-corrected chi connectivity index (χ1v) is 9.43. The Hall–Kier alpha value is -2.00. The molecule has 1 aliphatic rings. The van der Waals surface area contributed by atoms with Crippen molar-refractivity contribution in [1.82, 2.24) is 24.9 Å². The number of nitrogens with one attached hydrogen (secondary N) is 1. The molecule has 130 valence electrons. The van der Waals surface area contributed by atoms with Crippen LogP contribution < -0.4 is 9.46 Å². The van der Waals surface area contributed by atoms with E-state index >= 15 is 0 Å². The van der Waals surface area contributed by atoms with Gasteiger partial charge in [-0.15, -0.1) is 5.10 Å². The van der Waals surface area contributed by atoms with Gasteiger partial charge in [-0.3, -0.25) is 0 Å². The minimum Gasteiger partial charge on any atom is -0.494 e. The van der Waals surface area contributed by atoms with Gasteiger partial charge in [0.2, 0.25) is 10.0 Å². The first-order chi connectivity index (χ1) is 11.5. The molecular weight excluding hydrogens is 330 g/mol. The normalized spacial score (nSPS) is 21.6. The Labute approximate surface area is 141 Å². The maximum absolute atomic E-state index is 12.7. The Bertz CT molecular complexity index is 791. The van der Waals surface area contributed by atoms with Crippen LogP contribution in [-0.4, -0.2) is 41.8 Å². The first-order valence-electron chi connectivity index (χ1n) is 7.95. The van der Waals surface area contributed by atoms with Crippen molar-refractivity contribution in [2.45, 2.75) is 43.5 Å². The SMILES string of the molecule is COc1cc(S(=O)(=O)NC2CCCCC2C)ccc1-n1cnnn1. The van der Waals surface area contributed by atoms with E-state index in [9.17, 15) is 8.42 Å². The van der Waals surface area contributed by atoms with Crippen molar-refractivity contribution < 1.29 is 13.2 Å². The van der Waals surface area contributed by atoms with Crippen LogP contribution >= 0.6 is 0 Å². The minimum absolute atomic E-state index is 0.0195. The molecule has 1 aromatic carbocycles. The fourth-order valence-electron chi connectivity index (χ4n) is 3.04. The van der Waals surface area contributed by atoms with E-state index in [-0.39, 0.29) is 10.9 Å². The minimum atomic E-state index is -3.60. The smallest absolute Gasteiger partial charge is 0.240 e. The average molecular weight is 351 g/mol. The van der Waals surface area contributed by atoms with Crippen molar-refractivity contribution in [3.8, 4) is 11.4 Å². The molecule has 2 atom stereocenters. The van der Waals surface area contributed by atoms with Crippen LogP contribution in [0.2, 0.25) is 0 Å². The van der Waals surface area contributed by atoms with Gasteiger partial charge in [-0.05, 0) is 41.3 Å². The molecule has 0 aliphatic heterocycles. The van der Waals surface area contributed by atoms with Gasteiger partial charge >= 0.3 is 0 Å². The predicted molar refractivity (Wildman–Crippen MR) is 87.4 cm³/mol. The van der Waals surface area contributed by atoms with E-state index in [1.165, 1.54) is 30.3 Å². The monoisotopic (exact) mass is 351 g/mol. The predicted octanol–water partition coefficient (Wildman–Crippen LogP) is 1.53. The van der Waals surface area contributed by atoms with Gasteiger partial charge in [-0.1, -0.05) is 19.8 Å². The number of benzene rings is 1. The van der Waals surface area contributed by atoms with Gasteiger partial charge in [0, 0.05) is 12.1 Å². The highest BCUT2D eigenvalue weighted by Gasteiger charge is 2.27. The molecular formula is C15H21N5O3S. The fourth-order valence-corrected chi connectivity index (χ4v) is 4.44. The average Bonchev–Trinajstić information content (AvgIpc) is 3.10. The second-order valence-corrected chi connectivity index (χ2v) is 7.79. The lowest BCUT2D eigenvalue weighted by atomic mass is 9.87. The van der Waals surface area contributed by atoms with E-state index in [0.717, 1.165) is 25.7 Å². The third-order valence-corrected chi connectivity index (χ3v) is 5.96. The summed E-state index contributed by atoms with van der Waals surface area (Å²) in [5.41, 5.74) is 0.576. The molecule has 8 nitrogen and oxygen atoms in total. The first kappa shape index (κ1) is 16.8. The highest BCUT2D eigenvalue weighted by atomic mass is 32.2. The second kappa shape index (κ2) is 6.86. The van der Waals surface area contributed by atoms with E-state index in [0.29, 0.717) is 17.4 Å². The van der Waals surface area contributed by atoms with Crippen LogP contribution in [-0.2, 0) is 10.0 Å². The summed E-state index contributed by atoms with van der Waals surface area (Å²) in [7, 11) is -2.12. The van der Waals surface area contributed by atoms with Gasteiger partial charge in [0.1, 0.15) is 17.8 Å². The highest BCUT2D eigenvalue weighted by molar-refractivity contribution is 7.89. The summed E-state index contributed by atoms with van der Waals surface area (Å²) in [5, 5.41) is 11.0. The third kappa shape index (κ3) is 3.41. The molecule has 1 aliphatic carbocycles. The zero-order chi connectivity index (χ0) is 17.2. The van der Waals surface area contributed by atoms with Crippen molar-refractivity contribution in [3.63, 3.8) is 0 Å². The largest absolute Gasteiger partial charge is 0.494 e. The van der Waals surface area contributed by atoms with Gasteiger partial charge in [-0.25, -0.2) is 13.1 Å². The molecule has 2 unspecified atom stereocenters. The number of methoxy groups -OCH3 is 1. The number of nitrogens with zero attached hydrogens (tertiary/aromatic N) is 4. The lowest BCUT2D eigenvalue weighted by Gasteiger charge is -2.29. The molecule has 1 heterocycles. The van der Waals surface area contributed by atoms with Gasteiger partial charge in [0.15, 0.2) is 0 Å². The number of ether oxygens (including phenoxy) is 1. The molecule has 0 saturated heterocycles. The van der Waals surface area contributed by atoms with Crippen molar-refractivity contribution in [2.75, 3.05) is 7.11 Å². The molecule has 0 amide bonds. The van der Waals surface area contributed by atoms with Crippen LogP contribution in [0.25, 0.3) is 5.69 Å². The fraction of sp³-hybridized carbons (Fsp3) is 0.533. The van der Waals surface area contributed by atoms with E-state index < -0.39 is 10.0 Å². The van der Waals surface area contributed by atoms with Crippen LogP contribution in [0, 0.1) is 5.92 Å². The number of hydrogen-bond donors (Lipinski definition) is 1. The number of aromatic nitrogens is 4. The summed E-state index contributed by atoms with van der Waals surface area (Å²) in [5.74, 6) is 0.734. The summed E-state index contributed by atoms with van der Waals surface area (Å²) in [6.45, 7) is 2.09. The van der Waals surface area contributed by atoms with Crippen molar-refractivity contribution in [1.29, 1.82) is 0 Å². The van der Waals surface area contributed by atoms with Crippen LogP contribution in [0.5, 0.6) is 5.75 Å². The second-order valence-electron chi connectivity index (χ2n) is 6.08. The van der Waals surface area contributed by atoms with Crippen molar-refractivity contribution in [3.05, 3.63) is 24.5 Å². The number of tetrazole rings is 1.